The number of nitrogens with two attached hydrogens (primary N) is 2. The van der Waals surface area contributed by atoms with Crippen molar-refractivity contribution in [1.29, 1.82) is 0 Å². The Bertz CT molecular complexity index is 873. The molecule has 0 aliphatic carbocycles. The van der Waals surface area contributed by atoms with Gasteiger partial charge in [-0.2, -0.15) is 0 Å². The third-order valence-corrected chi connectivity index (χ3v) is 4.38. The third kappa shape index (κ3) is 9.77. The number of nitrogens with one attached hydrogen (secondary N) is 4. The van der Waals surface area contributed by atoms with Crippen LogP contribution in [-0.4, -0.2) is 79.9 Å². The van der Waals surface area contributed by atoms with Gasteiger partial charge in [0.25, 0.3) is 0 Å². The lowest BCUT2D eigenvalue weighted by Gasteiger charge is -2.23. The number of carboxylic acid groups (broad SMARTS) is 2. The first kappa shape index (κ1) is 27.0. The summed E-state index contributed by atoms with van der Waals surface area (Å²) in [4.78, 5) is 76.9. The fourth-order valence-corrected chi connectivity index (χ4v) is 2.62. The van der Waals surface area contributed by atoms with Crippen molar-refractivity contribution in [2.75, 3.05) is 0 Å². The number of hydrogen-bond donors (Lipinski definition) is 8. The van der Waals surface area contributed by atoms with Crippen molar-refractivity contribution in [2.45, 2.75) is 56.8 Å². The van der Waals surface area contributed by atoms with Gasteiger partial charge >= 0.3 is 11.9 Å². The van der Waals surface area contributed by atoms with Gasteiger partial charge in [0.05, 0.1) is 18.8 Å². The Hall–Kier alpha value is -4.01. The largest absolute Gasteiger partial charge is 0.481 e. The number of aliphatic carboxylic acids is 2. The topological polar surface area (TPSA) is 260 Å². The summed E-state index contributed by atoms with van der Waals surface area (Å²) in [6, 6.07) is -5.30. The molecule has 0 saturated heterocycles. The van der Waals surface area contributed by atoms with E-state index >= 15 is 0 Å². The zero-order valence-electron chi connectivity index (χ0n) is 17.7. The average molecular weight is 469 g/mol. The number of rotatable bonds is 14. The molecule has 4 unspecified atom stereocenters. The van der Waals surface area contributed by atoms with Crippen LogP contribution in [0.4, 0.5) is 0 Å². The quantitative estimate of drug-likeness (QED) is 0.134. The Balaban J connectivity index is 2.74. The zero-order valence-corrected chi connectivity index (χ0v) is 17.7. The molecule has 33 heavy (non-hydrogen) atoms. The van der Waals surface area contributed by atoms with Crippen molar-refractivity contribution in [3.05, 3.63) is 18.2 Å². The highest BCUT2D eigenvalue weighted by Gasteiger charge is 2.30. The molecule has 182 valence electrons. The molecule has 0 radical (unpaired) electrons. The standard InChI is InChI=1S/C18H27N7O8/c1-8(23-16(30)10(19)4-9-6-21-7-22-9)15(29)25-12(5-13(20)26)17(31)24-11(18(32)33)2-3-14(27)28/h6-8,10-12H,2-5,19H2,1H3,(H2,20,26)(H,21,22)(H,23,30)(H,24,31)(H,25,29)(H,27,28)(H,32,33). The summed E-state index contributed by atoms with van der Waals surface area (Å²) in [7, 11) is 0. The van der Waals surface area contributed by atoms with Crippen LogP contribution in [0.25, 0.3) is 0 Å². The van der Waals surface area contributed by atoms with Crippen molar-refractivity contribution in [1.82, 2.24) is 25.9 Å². The Morgan fingerprint density at radius 3 is 2.18 bits per heavy atom. The molecule has 0 bridgehead atoms. The van der Waals surface area contributed by atoms with Crippen LogP contribution >= 0.6 is 0 Å². The molecule has 10 N–H and O–H groups in total. The van der Waals surface area contributed by atoms with Gasteiger partial charge < -0.3 is 42.6 Å². The van der Waals surface area contributed by atoms with Crippen LogP contribution in [0.15, 0.2) is 12.5 Å². The number of carbonyl (C=O) groups is 6. The first-order valence-electron chi connectivity index (χ1n) is 9.77. The lowest BCUT2D eigenvalue weighted by atomic mass is 10.1. The highest BCUT2D eigenvalue weighted by molar-refractivity contribution is 5.96. The Morgan fingerprint density at radius 1 is 1.03 bits per heavy atom. The molecular formula is C18H27N7O8. The Morgan fingerprint density at radius 2 is 1.67 bits per heavy atom. The number of H-pyrrole nitrogens is 1. The van der Waals surface area contributed by atoms with Crippen LogP contribution in [0.5, 0.6) is 0 Å². The Kier molecular flexibility index (Phi) is 10.4. The number of hydrogen-bond acceptors (Lipinski definition) is 8. The van der Waals surface area contributed by atoms with Crippen LogP contribution < -0.4 is 27.4 Å². The van der Waals surface area contributed by atoms with E-state index in [9.17, 15) is 28.8 Å². The summed E-state index contributed by atoms with van der Waals surface area (Å²) in [6.45, 7) is 1.31. The molecule has 15 heteroatoms. The molecule has 15 nitrogen and oxygen atoms in total. The fraction of sp³-hybridized carbons (Fsp3) is 0.500. The molecule has 1 aromatic rings. The van der Waals surface area contributed by atoms with E-state index in [2.05, 4.69) is 25.9 Å². The Labute approximate surface area is 187 Å². The summed E-state index contributed by atoms with van der Waals surface area (Å²) in [6.07, 6.45) is 1.40. The number of amides is 4. The zero-order chi connectivity index (χ0) is 25.1. The van der Waals surface area contributed by atoms with Crippen LogP contribution in [0.1, 0.15) is 31.9 Å². The van der Waals surface area contributed by atoms with Crippen molar-refractivity contribution in [3.63, 3.8) is 0 Å². The van der Waals surface area contributed by atoms with Gasteiger partial charge in [-0.05, 0) is 13.3 Å². The molecule has 0 aromatic carbocycles. The first-order valence-corrected chi connectivity index (χ1v) is 9.77. The molecule has 0 aliphatic rings. The minimum atomic E-state index is -1.57. The van der Waals surface area contributed by atoms with E-state index < -0.39 is 79.0 Å². The first-order chi connectivity index (χ1) is 15.4. The molecule has 1 heterocycles. The second-order valence-corrected chi connectivity index (χ2v) is 7.18. The van der Waals surface area contributed by atoms with Crippen molar-refractivity contribution < 1.29 is 39.0 Å². The molecule has 0 spiro atoms. The highest BCUT2D eigenvalue weighted by atomic mass is 16.4. The molecule has 0 fully saturated rings. The van der Waals surface area contributed by atoms with Gasteiger partial charge in [-0.25, -0.2) is 9.78 Å². The maximum atomic E-state index is 12.4. The summed E-state index contributed by atoms with van der Waals surface area (Å²) in [5, 5.41) is 24.5. The van der Waals surface area contributed by atoms with Crippen LogP contribution in [0.2, 0.25) is 0 Å². The molecule has 1 rings (SSSR count). The van der Waals surface area contributed by atoms with E-state index in [0.29, 0.717) is 5.69 Å². The van der Waals surface area contributed by atoms with E-state index in [1.54, 1.807) is 0 Å². The number of aromatic amines is 1. The number of carbonyl (C=O) groups excluding carboxylic acids is 4. The van der Waals surface area contributed by atoms with E-state index in [1.807, 2.05) is 0 Å². The lowest BCUT2D eigenvalue weighted by Crippen LogP contribution is -2.57. The number of nitrogens with zero attached hydrogens (tertiary/aromatic N) is 1. The number of imidazole rings is 1. The predicted molar refractivity (Wildman–Crippen MR) is 110 cm³/mol. The molecule has 1 aromatic heterocycles. The monoisotopic (exact) mass is 469 g/mol. The van der Waals surface area contributed by atoms with Gasteiger partial charge in [0, 0.05) is 24.7 Å². The predicted octanol–water partition coefficient (Wildman–Crippen LogP) is -3.42. The van der Waals surface area contributed by atoms with E-state index in [0.717, 1.165) is 0 Å². The fourth-order valence-electron chi connectivity index (χ4n) is 2.62. The van der Waals surface area contributed by atoms with E-state index in [-0.39, 0.29) is 6.42 Å². The van der Waals surface area contributed by atoms with Gasteiger partial charge in [-0.1, -0.05) is 0 Å². The third-order valence-electron chi connectivity index (χ3n) is 4.38. The summed E-state index contributed by atoms with van der Waals surface area (Å²) < 4.78 is 0. The van der Waals surface area contributed by atoms with Crippen LogP contribution in [-0.2, 0) is 35.2 Å². The molecule has 0 aliphatic heterocycles. The summed E-state index contributed by atoms with van der Waals surface area (Å²) >= 11 is 0. The van der Waals surface area contributed by atoms with Gasteiger partial charge in [0.2, 0.25) is 23.6 Å². The van der Waals surface area contributed by atoms with E-state index in [4.69, 9.17) is 21.7 Å². The second-order valence-electron chi connectivity index (χ2n) is 7.18. The van der Waals surface area contributed by atoms with Crippen molar-refractivity contribution in [2.24, 2.45) is 11.5 Å². The molecule has 4 amide bonds. The molecule has 4 atom stereocenters. The van der Waals surface area contributed by atoms with E-state index in [1.165, 1.54) is 19.4 Å². The van der Waals surface area contributed by atoms with Gasteiger partial charge in [0.15, 0.2) is 0 Å². The van der Waals surface area contributed by atoms with Gasteiger partial charge in [0.1, 0.15) is 18.1 Å². The summed E-state index contributed by atoms with van der Waals surface area (Å²) in [5.41, 5.74) is 11.5. The second kappa shape index (κ2) is 12.7. The normalized spacial score (nSPS) is 14.2. The number of aromatic nitrogens is 2. The smallest absolute Gasteiger partial charge is 0.326 e. The maximum absolute atomic E-state index is 12.4. The van der Waals surface area contributed by atoms with Gasteiger partial charge in [-0.3, -0.25) is 24.0 Å². The van der Waals surface area contributed by atoms with Crippen LogP contribution in [0, 0.1) is 0 Å². The molecular weight excluding hydrogens is 442 g/mol. The highest BCUT2D eigenvalue weighted by Crippen LogP contribution is 2.02. The maximum Gasteiger partial charge on any atom is 0.326 e. The minimum Gasteiger partial charge on any atom is -0.481 e. The number of carboxylic acids is 2. The summed E-state index contributed by atoms with van der Waals surface area (Å²) in [5.74, 6) is -6.33. The van der Waals surface area contributed by atoms with Crippen molar-refractivity contribution >= 4 is 35.6 Å². The minimum absolute atomic E-state index is 0.125. The lowest BCUT2D eigenvalue weighted by molar-refractivity contribution is -0.143. The molecule has 0 saturated carbocycles. The van der Waals surface area contributed by atoms with Crippen molar-refractivity contribution in [3.8, 4) is 0 Å². The SMILES string of the molecule is CC(NC(=O)C(N)Cc1cnc[nH]1)C(=O)NC(CC(N)=O)C(=O)NC(CCC(=O)O)C(=O)O. The average Bonchev–Trinajstić information content (AvgIpc) is 3.22. The van der Waals surface area contributed by atoms with Crippen LogP contribution in [0.3, 0.4) is 0 Å². The van der Waals surface area contributed by atoms with Gasteiger partial charge in [-0.15, -0.1) is 0 Å². The number of primary amides is 1.